The standard InChI is InChI=1S/C16H22F3N3O3/c1-10(23)22(8-7-21-14(24)25-15(2,3)4)11-5-6-13(20)12(9-11)16(17,18)19/h5-6,9H,7-8,20H2,1-4H3,(H,21,24). The van der Waals surface area contributed by atoms with Crippen molar-refractivity contribution in [2.24, 2.45) is 0 Å². The van der Waals surface area contributed by atoms with Gasteiger partial charge in [-0.15, -0.1) is 0 Å². The van der Waals surface area contributed by atoms with Gasteiger partial charge in [-0.1, -0.05) is 0 Å². The van der Waals surface area contributed by atoms with E-state index in [9.17, 15) is 22.8 Å². The Balaban J connectivity index is 2.85. The first-order valence-electron chi connectivity index (χ1n) is 7.53. The molecule has 0 aromatic heterocycles. The first-order chi connectivity index (χ1) is 11.3. The Labute approximate surface area is 144 Å². The number of halogens is 3. The van der Waals surface area contributed by atoms with Crippen LogP contribution in [0.2, 0.25) is 0 Å². The predicted molar refractivity (Wildman–Crippen MR) is 88.1 cm³/mol. The Morgan fingerprint density at radius 3 is 2.32 bits per heavy atom. The van der Waals surface area contributed by atoms with Gasteiger partial charge in [0, 0.05) is 31.4 Å². The lowest BCUT2D eigenvalue weighted by Crippen LogP contribution is -2.39. The van der Waals surface area contributed by atoms with Crippen molar-refractivity contribution in [3.05, 3.63) is 23.8 Å². The molecule has 9 heteroatoms. The van der Waals surface area contributed by atoms with Gasteiger partial charge in [-0.05, 0) is 39.0 Å². The summed E-state index contributed by atoms with van der Waals surface area (Å²) in [6.45, 7) is 6.30. The van der Waals surface area contributed by atoms with E-state index in [1.54, 1.807) is 20.8 Å². The number of alkyl halides is 3. The van der Waals surface area contributed by atoms with E-state index in [1.807, 2.05) is 0 Å². The fraction of sp³-hybridized carbons (Fsp3) is 0.500. The Morgan fingerprint density at radius 1 is 1.24 bits per heavy atom. The van der Waals surface area contributed by atoms with E-state index in [-0.39, 0.29) is 18.8 Å². The highest BCUT2D eigenvalue weighted by Crippen LogP contribution is 2.35. The monoisotopic (exact) mass is 361 g/mol. The maximum absolute atomic E-state index is 13.0. The first-order valence-corrected chi connectivity index (χ1v) is 7.53. The third kappa shape index (κ3) is 6.52. The molecule has 0 saturated heterocycles. The molecule has 0 aliphatic heterocycles. The number of carbonyl (C=O) groups excluding carboxylic acids is 2. The molecule has 0 aliphatic carbocycles. The lowest BCUT2D eigenvalue weighted by Gasteiger charge is -2.24. The lowest BCUT2D eigenvalue weighted by atomic mass is 10.1. The molecule has 0 heterocycles. The number of hydrogen-bond acceptors (Lipinski definition) is 4. The van der Waals surface area contributed by atoms with Crippen molar-refractivity contribution in [3.8, 4) is 0 Å². The van der Waals surface area contributed by atoms with E-state index in [0.717, 1.165) is 17.0 Å². The first kappa shape index (κ1) is 20.6. The molecule has 140 valence electrons. The number of rotatable bonds is 4. The molecule has 0 atom stereocenters. The number of ether oxygens (including phenoxy) is 1. The molecule has 0 bridgehead atoms. The molecule has 0 radical (unpaired) electrons. The average molecular weight is 361 g/mol. The summed E-state index contributed by atoms with van der Waals surface area (Å²) in [7, 11) is 0. The van der Waals surface area contributed by atoms with Crippen molar-refractivity contribution in [1.82, 2.24) is 5.32 Å². The van der Waals surface area contributed by atoms with Crippen molar-refractivity contribution in [1.29, 1.82) is 0 Å². The maximum atomic E-state index is 13.0. The number of anilines is 2. The molecule has 25 heavy (non-hydrogen) atoms. The van der Waals surface area contributed by atoms with E-state index in [1.165, 1.54) is 13.0 Å². The van der Waals surface area contributed by atoms with E-state index in [0.29, 0.717) is 0 Å². The highest BCUT2D eigenvalue weighted by molar-refractivity contribution is 5.92. The third-order valence-electron chi connectivity index (χ3n) is 3.04. The Morgan fingerprint density at radius 2 is 1.84 bits per heavy atom. The predicted octanol–water partition coefficient (Wildman–Crippen LogP) is 3.17. The number of nitrogens with two attached hydrogens (primary N) is 1. The number of amides is 2. The minimum Gasteiger partial charge on any atom is -0.444 e. The van der Waals surface area contributed by atoms with Crippen molar-refractivity contribution in [3.63, 3.8) is 0 Å². The largest absolute Gasteiger partial charge is 0.444 e. The molecule has 6 nitrogen and oxygen atoms in total. The van der Waals surface area contributed by atoms with Gasteiger partial charge in [0.25, 0.3) is 0 Å². The van der Waals surface area contributed by atoms with Gasteiger partial charge in [0.05, 0.1) is 5.56 Å². The van der Waals surface area contributed by atoms with E-state index in [2.05, 4.69) is 5.32 Å². The molecule has 0 spiro atoms. The molecule has 0 saturated carbocycles. The Bertz CT molecular complexity index is 640. The van der Waals surface area contributed by atoms with Crippen LogP contribution in [0.15, 0.2) is 18.2 Å². The van der Waals surface area contributed by atoms with Crippen LogP contribution >= 0.6 is 0 Å². The normalized spacial score (nSPS) is 11.8. The average Bonchev–Trinajstić information content (AvgIpc) is 2.41. The van der Waals surface area contributed by atoms with Crippen LogP contribution in [0.1, 0.15) is 33.3 Å². The molecule has 1 aromatic carbocycles. The van der Waals surface area contributed by atoms with Gasteiger partial charge in [-0.3, -0.25) is 4.79 Å². The highest BCUT2D eigenvalue weighted by Gasteiger charge is 2.33. The molecule has 2 amide bonds. The van der Waals surface area contributed by atoms with Crippen LogP contribution in [0.5, 0.6) is 0 Å². The van der Waals surface area contributed by atoms with Gasteiger partial charge >= 0.3 is 12.3 Å². The second-order valence-electron chi connectivity index (χ2n) is 6.37. The number of nitrogen functional groups attached to an aromatic ring is 1. The number of alkyl carbamates (subject to hydrolysis) is 1. The summed E-state index contributed by atoms with van der Waals surface area (Å²) in [5.74, 6) is -0.469. The van der Waals surface area contributed by atoms with Crippen LogP contribution in [0.25, 0.3) is 0 Å². The van der Waals surface area contributed by atoms with Crippen LogP contribution in [0.4, 0.5) is 29.3 Å². The fourth-order valence-corrected chi connectivity index (χ4v) is 2.01. The van der Waals surface area contributed by atoms with Gasteiger partial charge in [-0.2, -0.15) is 13.2 Å². The molecule has 1 aromatic rings. The van der Waals surface area contributed by atoms with E-state index < -0.39 is 35.0 Å². The molecule has 0 aliphatic rings. The minimum atomic E-state index is -4.63. The van der Waals surface area contributed by atoms with Crippen molar-refractivity contribution < 1.29 is 27.5 Å². The second kappa shape index (κ2) is 7.62. The van der Waals surface area contributed by atoms with Gasteiger partial charge in [-0.25, -0.2) is 4.79 Å². The lowest BCUT2D eigenvalue weighted by molar-refractivity contribution is -0.137. The maximum Gasteiger partial charge on any atom is 0.418 e. The quantitative estimate of drug-likeness (QED) is 0.807. The number of carbonyl (C=O) groups is 2. The second-order valence-corrected chi connectivity index (χ2v) is 6.37. The summed E-state index contributed by atoms with van der Waals surface area (Å²) >= 11 is 0. The van der Waals surface area contributed by atoms with Gasteiger partial charge < -0.3 is 20.7 Å². The zero-order chi connectivity index (χ0) is 19.4. The summed E-state index contributed by atoms with van der Waals surface area (Å²) < 4.78 is 43.9. The summed E-state index contributed by atoms with van der Waals surface area (Å²) in [6, 6.07) is 3.22. The fourth-order valence-electron chi connectivity index (χ4n) is 2.01. The number of benzene rings is 1. The van der Waals surface area contributed by atoms with Crippen molar-refractivity contribution in [2.45, 2.75) is 39.5 Å². The molecule has 0 fully saturated rings. The van der Waals surface area contributed by atoms with Gasteiger partial charge in [0.15, 0.2) is 0 Å². The van der Waals surface area contributed by atoms with Crippen molar-refractivity contribution in [2.75, 3.05) is 23.7 Å². The molecule has 0 unspecified atom stereocenters. The Hall–Kier alpha value is -2.45. The van der Waals surface area contributed by atoms with Crippen LogP contribution < -0.4 is 16.0 Å². The zero-order valence-electron chi connectivity index (χ0n) is 14.5. The number of nitrogens with one attached hydrogen (secondary N) is 1. The van der Waals surface area contributed by atoms with Gasteiger partial charge in [0.2, 0.25) is 5.91 Å². The highest BCUT2D eigenvalue weighted by atomic mass is 19.4. The van der Waals surface area contributed by atoms with Crippen LogP contribution in [0, 0.1) is 0 Å². The summed E-state index contributed by atoms with van der Waals surface area (Å²) in [4.78, 5) is 24.5. The molecular formula is C16H22F3N3O3. The SMILES string of the molecule is CC(=O)N(CCNC(=O)OC(C)(C)C)c1ccc(N)c(C(F)(F)F)c1. The zero-order valence-corrected chi connectivity index (χ0v) is 14.5. The van der Waals surface area contributed by atoms with Gasteiger partial charge in [0.1, 0.15) is 5.60 Å². The Kier molecular flexibility index (Phi) is 6.28. The summed E-state index contributed by atoms with van der Waals surface area (Å²) in [5, 5.41) is 2.45. The molecule has 3 N–H and O–H groups in total. The number of hydrogen-bond donors (Lipinski definition) is 2. The van der Waals surface area contributed by atoms with Crippen LogP contribution in [-0.4, -0.2) is 30.7 Å². The minimum absolute atomic E-state index is 0.0141. The van der Waals surface area contributed by atoms with Crippen LogP contribution in [0.3, 0.4) is 0 Å². The van der Waals surface area contributed by atoms with E-state index >= 15 is 0 Å². The number of nitrogens with zero attached hydrogens (tertiary/aromatic N) is 1. The topological polar surface area (TPSA) is 84.7 Å². The summed E-state index contributed by atoms with van der Waals surface area (Å²) in [5.41, 5.74) is 3.28. The smallest absolute Gasteiger partial charge is 0.418 e. The molecular weight excluding hydrogens is 339 g/mol. The van der Waals surface area contributed by atoms with E-state index in [4.69, 9.17) is 10.5 Å². The van der Waals surface area contributed by atoms with Crippen LogP contribution in [-0.2, 0) is 15.7 Å². The summed E-state index contributed by atoms with van der Waals surface area (Å²) in [6.07, 6.45) is -5.30. The molecule has 1 rings (SSSR count). The van der Waals surface area contributed by atoms with Crippen molar-refractivity contribution >= 4 is 23.4 Å². The third-order valence-corrected chi connectivity index (χ3v) is 3.04.